The van der Waals surface area contributed by atoms with Crippen molar-refractivity contribution in [2.45, 2.75) is 70.0 Å². The molecule has 2 aromatic carbocycles. The molecule has 3 aliphatic heterocycles. The molecule has 10 nitrogen and oxygen atoms in total. The van der Waals surface area contributed by atoms with Gasteiger partial charge in [-0.15, -0.1) is 0 Å². The van der Waals surface area contributed by atoms with E-state index >= 15 is 0 Å². The van der Waals surface area contributed by atoms with Crippen molar-refractivity contribution in [2.75, 3.05) is 12.0 Å². The minimum Gasteiger partial charge on any atom is -0.507 e. The smallest absolute Gasteiger partial charge is 0.331 e. The molecule has 0 spiro atoms. The number of rotatable bonds is 6. The van der Waals surface area contributed by atoms with Crippen LogP contribution >= 0.6 is 11.8 Å². The topological polar surface area (TPSA) is 143 Å². The highest BCUT2D eigenvalue weighted by molar-refractivity contribution is 7.98. The van der Waals surface area contributed by atoms with Crippen molar-refractivity contribution in [3.8, 4) is 11.5 Å². The lowest BCUT2D eigenvalue weighted by atomic mass is 9.78. The van der Waals surface area contributed by atoms with Gasteiger partial charge in [0.05, 0.1) is 23.3 Å². The van der Waals surface area contributed by atoms with Gasteiger partial charge in [0.15, 0.2) is 5.78 Å². The summed E-state index contributed by atoms with van der Waals surface area (Å²) in [5, 5.41) is 31.4. The minimum absolute atomic E-state index is 0.00382. The highest BCUT2D eigenvalue weighted by atomic mass is 32.2. The van der Waals surface area contributed by atoms with E-state index in [0.717, 1.165) is 5.75 Å². The van der Waals surface area contributed by atoms with Gasteiger partial charge in [0.2, 0.25) is 18.3 Å². The maximum atomic E-state index is 14.4. The number of thioether (sulfide) groups is 1. The number of aromatic hydroxyl groups is 1. The molecule has 1 aliphatic carbocycles. The number of aryl methyl sites for hydroxylation is 1. The summed E-state index contributed by atoms with van der Waals surface area (Å²) in [6.45, 7) is 3.39. The van der Waals surface area contributed by atoms with Crippen molar-refractivity contribution in [3.05, 3.63) is 63.8 Å². The first-order valence-corrected chi connectivity index (χ1v) is 15.0. The molecule has 0 radical (unpaired) electrons. The van der Waals surface area contributed by atoms with E-state index in [1.807, 2.05) is 6.26 Å². The van der Waals surface area contributed by atoms with Crippen molar-refractivity contribution in [3.63, 3.8) is 0 Å². The lowest BCUT2D eigenvalue weighted by Crippen LogP contribution is -2.48. The molecule has 41 heavy (non-hydrogen) atoms. The second kappa shape index (κ2) is 10.5. The molecule has 216 valence electrons. The summed E-state index contributed by atoms with van der Waals surface area (Å²) in [5.74, 6) is -0.826. The highest BCUT2D eigenvalue weighted by Gasteiger charge is 2.53. The number of allylic oxidation sites excluding steroid dienone is 2. The van der Waals surface area contributed by atoms with Crippen molar-refractivity contribution in [1.29, 1.82) is 0 Å². The highest BCUT2D eigenvalue weighted by Crippen LogP contribution is 2.52. The van der Waals surface area contributed by atoms with E-state index in [1.165, 1.54) is 18.2 Å². The van der Waals surface area contributed by atoms with E-state index in [9.17, 15) is 29.7 Å². The van der Waals surface area contributed by atoms with Crippen molar-refractivity contribution in [1.82, 2.24) is 4.90 Å². The fraction of sp³-hybridized carbons (Fsp3) is 0.433. The summed E-state index contributed by atoms with van der Waals surface area (Å²) in [4.78, 5) is 43.4. The van der Waals surface area contributed by atoms with Crippen LogP contribution in [0.3, 0.4) is 0 Å². The molecule has 0 amide bonds. The molecule has 6 rings (SSSR count). The first kappa shape index (κ1) is 27.8. The first-order chi connectivity index (χ1) is 19.6. The standard InChI is InChI=1S/C30H31NO9S/c1-13-10-16-22(18(32)11-13)24-25(31-17(7-5-9-41-3)30(37)40-29(16)31)28(36)23-15(27(24)35)6-4-8-20(23)39-21-12-19(33)26(34)14(2)38-21/h4,6,8,10-11,14,17,19,21,26,29,32-34H,5,7,9,12H2,1-3H3. The van der Waals surface area contributed by atoms with Gasteiger partial charge in [0, 0.05) is 23.1 Å². The first-order valence-electron chi connectivity index (χ1n) is 13.6. The summed E-state index contributed by atoms with van der Waals surface area (Å²) >= 11 is 1.64. The third-order valence-electron chi connectivity index (χ3n) is 8.09. The van der Waals surface area contributed by atoms with Crippen LogP contribution in [0.4, 0.5) is 0 Å². The van der Waals surface area contributed by atoms with Crippen LogP contribution in [0, 0.1) is 6.92 Å². The quantitative estimate of drug-likeness (QED) is 0.342. The van der Waals surface area contributed by atoms with Gasteiger partial charge in [-0.1, -0.05) is 12.1 Å². The Bertz CT molecular complexity index is 1470. The number of carbonyl (C=O) groups excluding carboxylic acids is 3. The van der Waals surface area contributed by atoms with Gasteiger partial charge in [-0.05, 0) is 62.5 Å². The Balaban J connectivity index is 1.48. The van der Waals surface area contributed by atoms with Crippen molar-refractivity contribution >= 4 is 34.9 Å². The van der Waals surface area contributed by atoms with E-state index < -0.39 is 54.4 Å². The third-order valence-corrected chi connectivity index (χ3v) is 8.79. The third kappa shape index (κ3) is 4.42. The molecule has 0 saturated carbocycles. The van der Waals surface area contributed by atoms with Crippen LogP contribution in [0.1, 0.15) is 69.8 Å². The van der Waals surface area contributed by atoms with Crippen LogP contribution in [-0.4, -0.2) is 80.4 Å². The molecular weight excluding hydrogens is 550 g/mol. The van der Waals surface area contributed by atoms with E-state index in [0.29, 0.717) is 24.0 Å². The summed E-state index contributed by atoms with van der Waals surface area (Å²) < 4.78 is 17.6. The maximum absolute atomic E-state index is 14.4. The van der Waals surface area contributed by atoms with Gasteiger partial charge in [-0.25, -0.2) is 4.79 Å². The second-order valence-corrected chi connectivity index (χ2v) is 11.8. The monoisotopic (exact) mass is 581 g/mol. The molecule has 6 unspecified atom stereocenters. The zero-order chi connectivity index (χ0) is 29.2. The normalized spacial score (nSPS) is 28.6. The molecule has 0 bridgehead atoms. The van der Waals surface area contributed by atoms with Gasteiger partial charge in [0.1, 0.15) is 29.3 Å². The molecule has 4 aliphatic rings. The fourth-order valence-corrected chi connectivity index (χ4v) is 6.65. The Kier molecular flexibility index (Phi) is 7.09. The van der Waals surface area contributed by atoms with Crippen LogP contribution in [0.5, 0.6) is 11.5 Å². The molecule has 3 heterocycles. The number of esters is 1. The number of carbonyl (C=O) groups is 3. The summed E-state index contributed by atoms with van der Waals surface area (Å²) in [6.07, 6.45) is -1.81. The van der Waals surface area contributed by atoms with E-state index in [2.05, 4.69) is 0 Å². The number of hydrogen-bond donors (Lipinski definition) is 3. The molecule has 2 fully saturated rings. The predicted octanol–water partition coefficient (Wildman–Crippen LogP) is 3.11. The number of ether oxygens (including phenoxy) is 3. The number of phenols is 1. The van der Waals surface area contributed by atoms with Gasteiger partial charge in [0.25, 0.3) is 0 Å². The molecule has 3 N–H and O–H groups in total. The average Bonchev–Trinajstić information content (AvgIpc) is 3.25. The summed E-state index contributed by atoms with van der Waals surface area (Å²) in [5.41, 5.74) is 1.46. The van der Waals surface area contributed by atoms with Crippen LogP contribution in [0.2, 0.25) is 0 Å². The Morgan fingerprint density at radius 1 is 1.12 bits per heavy atom. The van der Waals surface area contributed by atoms with E-state index in [4.69, 9.17) is 14.2 Å². The Morgan fingerprint density at radius 3 is 2.63 bits per heavy atom. The minimum atomic E-state index is -1.09. The number of ketones is 2. The number of Topliss-reactive ketones (excluding diaryl/α,β-unsaturated/α-hetero) is 2. The van der Waals surface area contributed by atoms with Gasteiger partial charge in [-0.2, -0.15) is 11.8 Å². The molecular formula is C30H31NO9S. The fourth-order valence-electron chi connectivity index (χ4n) is 6.20. The van der Waals surface area contributed by atoms with Crippen molar-refractivity contribution < 1.29 is 43.9 Å². The van der Waals surface area contributed by atoms with Crippen LogP contribution in [0.25, 0.3) is 5.57 Å². The number of nitrogens with zero attached hydrogens (tertiary/aromatic N) is 1. The number of hydrogen-bond acceptors (Lipinski definition) is 11. The van der Waals surface area contributed by atoms with Gasteiger partial charge >= 0.3 is 5.97 Å². The van der Waals surface area contributed by atoms with E-state index in [1.54, 1.807) is 42.6 Å². The van der Waals surface area contributed by atoms with Crippen LogP contribution in [0.15, 0.2) is 36.0 Å². The predicted molar refractivity (Wildman–Crippen MR) is 149 cm³/mol. The average molecular weight is 582 g/mol. The molecule has 2 aromatic rings. The van der Waals surface area contributed by atoms with Crippen molar-refractivity contribution in [2.24, 2.45) is 0 Å². The number of benzene rings is 2. The number of aliphatic hydroxyl groups is 2. The summed E-state index contributed by atoms with van der Waals surface area (Å²) in [6, 6.07) is 7.13. The maximum Gasteiger partial charge on any atom is 0.331 e. The Hall–Kier alpha value is -3.38. The zero-order valence-corrected chi connectivity index (χ0v) is 23.6. The van der Waals surface area contributed by atoms with E-state index in [-0.39, 0.29) is 45.9 Å². The molecule has 6 atom stereocenters. The molecule has 0 aromatic heterocycles. The number of phenolic OH excluding ortho intramolecular Hbond substituents is 1. The molecule has 11 heteroatoms. The van der Waals surface area contributed by atoms with Crippen LogP contribution < -0.4 is 4.74 Å². The zero-order valence-electron chi connectivity index (χ0n) is 22.8. The van der Waals surface area contributed by atoms with Gasteiger partial charge < -0.3 is 34.4 Å². The lowest BCUT2D eigenvalue weighted by Gasteiger charge is -2.39. The van der Waals surface area contributed by atoms with Crippen LogP contribution in [-0.2, 0) is 14.3 Å². The molecule has 2 saturated heterocycles. The SMILES string of the molecule is CSCCCC1C(=O)OC2c3cc(C)cc(O)c3C3=C(C(=O)c4c(OC5CC(O)C(O)C(C)O5)cccc4C3=O)N12. The summed E-state index contributed by atoms with van der Waals surface area (Å²) in [7, 11) is 0. The number of aliphatic hydroxyl groups excluding tert-OH is 2. The lowest BCUT2D eigenvalue weighted by molar-refractivity contribution is -0.216. The second-order valence-electron chi connectivity index (χ2n) is 10.8. The largest absolute Gasteiger partial charge is 0.507 e. The van der Waals surface area contributed by atoms with Gasteiger partial charge in [-0.3, -0.25) is 9.59 Å². The Labute approximate surface area is 240 Å². The Morgan fingerprint density at radius 2 is 1.90 bits per heavy atom. The number of fused-ring (bicyclic) bond motifs is 6.